The van der Waals surface area contributed by atoms with Crippen molar-refractivity contribution in [2.75, 3.05) is 33.7 Å². The van der Waals surface area contributed by atoms with Gasteiger partial charge in [0.05, 0.1) is 0 Å². The Bertz CT molecular complexity index is 839. The Hall–Kier alpha value is -1.45. The summed E-state index contributed by atoms with van der Waals surface area (Å²) in [6.45, 7) is 6.85. The zero-order valence-electron chi connectivity index (χ0n) is 18.9. The number of aryl methyl sites for hydroxylation is 2. The van der Waals surface area contributed by atoms with E-state index >= 15 is 0 Å². The molecule has 0 spiro atoms. The number of carbonyl (C=O) groups is 1. The summed E-state index contributed by atoms with van der Waals surface area (Å²) in [6.07, 6.45) is 5.68. The van der Waals surface area contributed by atoms with Crippen molar-refractivity contribution in [3.8, 4) is 0 Å². The summed E-state index contributed by atoms with van der Waals surface area (Å²) >= 11 is 0. The van der Waals surface area contributed by atoms with Crippen LogP contribution in [0.4, 0.5) is 0 Å². The average Bonchev–Trinajstić information content (AvgIpc) is 3.05. The van der Waals surface area contributed by atoms with E-state index in [1.54, 1.807) is 13.8 Å². The van der Waals surface area contributed by atoms with Crippen molar-refractivity contribution in [3.63, 3.8) is 0 Å². The number of nitrogens with zero attached hydrogens (tertiary/aromatic N) is 3. The van der Waals surface area contributed by atoms with Gasteiger partial charge in [0.25, 0.3) is 0 Å². The first-order valence-corrected chi connectivity index (χ1v) is 12.4. The fourth-order valence-corrected chi connectivity index (χ4v) is 6.84. The average molecular weight is 441 g/mol. The van der Waals surface area contributed by atoms with Crippen molar-refractivity contribution in [2.24, 2.45) is 11.8 Å². The van der Waals surface area contributed by atoms with E-state index in [9.17, 15) is 13.2 Å². The van der Waals surface area contributed by atoms with Gasteiger partial charge in [-0.2, -0.15) is 4.31 Å². The molecule has 1 saturated heterocycles. The molecule has 8 nitrogen and oxygen atoms in total. The fourth-order valence-electron chi connectivity index (χ4n) is 5.08. The summed E-state index contributed by atoms with van der Waals surface area (Å²) in [4.78, 5) is 15.3. The summed E-state index contributed by atoms with van der Waals surface area (Å²) in [5.74, 6) is 0.865. The van der Waals surface area contributed by atoms with Crippen LogP contribution in [0.3, 0.4) is 0 Å². The molecule has 2 heterocycles. The van der Waals surface area contributed by atoms with Crippen LogP contribution in [0.2, 0.25) is 0 Å². The van der Waals surface area contributed by atoms with Gasteiger partial charge in [0, 0.05) is 31.1 Å². The maximum atomic E-state index is 13.0. The van der Waals surface area contributed by atoms with E-state index in [0.717, 1.165) is 12.8 Å². The second-order valence-corrected chi connectivity index (χ2v) is 11.2. The second-order valence-electron chi connectivity index (χ2n) is 9.37. The maximum absolute atomic E-state index is 13.0. The lowest BCUT2D eigenvalue weighted by molar-refractivity contribution is -0.127. The van der Waals surface area contributed by atoms with Gasteiger partial charge in [0.2, 0.25) is 15.9 Å². The highest BCUT2D eigenvalue weighted by Crippen LogP contribution is 2.35. The number of aromatic nitrogens is 1. The van der Waals surface area contributed by atoms with Crippen LogP contribution in [0, 0.1) is 25.7 Å². The van der Waals surface area contributed by atoms with Gasteiger partial charge in [-0.3, -0.25) is 4.79 Å². The molecule has 1 saturated carbocycles. The van der Waals surface area contributed by atoms with Crippen molar-refractivity contribution in [2.45, 2.75) is 69.7 Å². The predicted octanol–water partition coefficient (Wildman–Crippen LogP) is 2.32. The minimum absolute atomic E-state index is 0.0146. The summed E-state index contributed by atoms with van der Waals surface area (Å²) < 4.78 is 32.4. The number of likely N-dealkylation sites (N-methyl/N-ethyl adjacent to an activating group) is 1. The van der Waals surface area contributed by atoms with Crippen LogP contribution in [-0.2, 0) is 14.8 Å². The fraction of sp³-hybridized carbons (Fsp3) is 0.810. The minimum atomic E-state index is -3.65. The Morgan fingerprint density at radius 2 is 1.93 bits per heavy atom. The van der Waals surface area contributed by atoms with Crippen molar-refractivity contribution in [1.82, 2.24) is 19.7 Å². The second kappa shape index (κ2) is 8.96. The molecule has 1 aliphatic heterocycles. The van der Waals surface area contributed by atoms with Crippen LogP contribution in [-0.4, -0.2) is 68.0 Å². The van der Waals surface area contributed by atoms with Gasteiger partial charge in [-0.05, 0) is 59.5 Å². The third-order valence-electron chi connectivity index (χ3n) is 7.00. The Balaban J connectivity index is 1.58. The molecule has 1 N–H and O–H groups in total. The van der Waals surface area contributed by atoms with Crippen LogP contribution < -0.4 is 5.32 Å². The lowest BCUT2D eigenvalue weighted by Crippen LogP contribution is -2.56. The third-order valence-corrected chi connectivity index (χ3v) is 9.14. The summed E-state index contributed by atoms with van der Waals surface area (Å²) in [5, 5.41) is 6.96. The number of piperidine rings is 1. The quantitative estimate of drug-likeness (QED) is 0.729. The lowest BCUT2D eigenvalue weighted by atomic mass is 9.75. The molecule has 0 radical (unpaired) electrons. The molecule has 30 heavy (non-hydrogen) atoms. The van der Waals surface area contributed by atoms with Crippen molar-refractivity contribution in [3.05, 3.63) is 11.5 Å². The summed E-state index contributed by atoms with van der Waals surface area (Å²) in [6, 6.07) is 0. The molecular weight excluding hydrogens is 404 g/mol. The van der Waals surface area contributed by atoms with E-state index < -0.39 is 10.0 Å². The molecular formula is C21H36N4O4S. The first-order valence-electron chi connectivity index (χ1n) is 10.9. The Labute approximate surface area is 180 Å². The number of amides is 1. The highest BCUT2D eigenvalue weighted by atomic mass is 32.2. The number of nitrogens with one attached hydrogen (secondary N) is 1. The molecule has 2 aliphatic rings. The monoisotopic (exact) mass is 440 g/mol. The molecule has 2 fully saturated rings. The topological polar surface area (TPSA) is 95.8 Å². The number of hydrogen-bond donors (Lipinski definition) is 1. The zero-order valence-corrected chi connectivity index (χ0v) is 19.7. The van der Waals surface area contributed by atoms with E-state index in [4.69, 9.17) is 4.52 Å². The van der Waals surface area contributed by atoms with Gasteiger partial charge in [0.15, 0.2) is 5.76 Å². The molecule has 0 bridgehead atoms. The zero-order chi connectivity index (χ0) is 22.1. The molecule has 1 aromatic heterocycles. The number of carbonyl (C=O) groups excluding carboxylic acids is 1. The van der Waals surface area contributed by atoms with Gasteiger partial charge in [-0.15, -0.1) is 0 Å². The molecule has 0 aromatic carbocycles. The van der Waals surface area contributed by atoms with Crippen LogP contribution in [0.5, 0.6) is 0 Å². The third kappa shape index (κ3) is 4.57. The molecule has 3 rings (SSSR count). The first kappa shape index (κ1) is 23.2. The predicted molar refractivity (Wildman–Crippen MR) is 115 cm³/mol. The van der Waals surface area contributed by atoms with Gasteiger partial charge >= 0.3 is 0 Å². The molecule has 0 unspecified atom stereocenters. The Morgan fingerprint density at radius 3 is 2.47 bits per heavy atom. The van der Waals surface area contributed by atoms with Crippen LogP contribution in [0.25, 0.3) is 0 Å². The van der Waals surface area contributed by atoms with Crippen molar-refractivity contribution >= 4 is 15.9 Å². The van der Waals surface area contributed by atoms with E-state index in [0.29, 0.717) is 49.8 Å². The standard InChI is InChI=1S/C21H36N4O4S/c1-15-7-6-10-21(13-15,24(4)5)14-22-20(26)18-8-11-25(12-9-18)30(27,28)19-16(2)23-29-17(19)3/h15,18H,6-14H2,1-5H3,(H,22,26)/t15-,21-/m1/s1. The van der Waals surface area contributed by atoms with E-state index in [-0.39, 0.29) is 22.3 Å². The SMILES string of the molecule is Cc1noc(C)c1S(=O)(=O)N1CCC(C(=O)NC[C@@]2(N(C)C)CCC[C@@H](C)C2)CC1. The van der Waals surface area contributed by atoms with E-state index in [1.807, 2.05) is 0 Å². The Morgan fingerprint density at radius 1 is 1.27 bits per heavy atom. The minimum Gasteiger partial charge on any atom is -0.360 e. The molecule has 1 aromatic rings. The molecule has 170 valence electrons. The van der Waals surface area contributed by atoms with Crippen molar-refractivity contribution < 1.29 is 17.7 Å². The van der Waals surface area contributed by atoms with Gasteiger partial charge in [-0.25, -0.2) is 8.42 Å². The summed E-state index contributed by atoms with van der Waals surface area (Å²) in [5.41, 5.74) is 0.392. The smallest absolute Gasteiger partial charge is 0.248 e. The van der Waals surface area contributed by atoms with Gasteiger partial charge in [0.1, 0.15) is 10.6 Å². The number of rotatable bonds is 6. The van der Waals surface area contributed by atoms with Crippen LogP contribution >= 0.6 is 0 Å². The summed E-state index contributed by atoms with van der Waals surface area (Å²) in [7, 11) is 0.552. The van der Waals surface area contributed by atoms with E-state index in [2.05, 4.69) is 36.4 Å². The normalized spacial score (nSPS) is 26.8. The molecule has 1 aliphatic carbocycles. The Kier molecular flexibility index (Phi) is 6.94. The van der Waals surface area contributed by atoms with Gasteiger partial charge < -0.3 is 14.7 Å². The molecule has 1 amide bonds. The number of hydrogen-bond acceptors (Lipinski definition) is 6. The van der Waals surface area contributed by atoms with Crippen LogP contribution in [0.1, 0.15) is 56.9 Å². The van der Waals surface area contributed by atoms with Gasteiger partial charge in [-0.1, -0.05) is 24.9 Å². The molecule has 2 atom stereocenters. The lowest BCUT2D eigenvalue weighted by Gasteiger charge is -2.45. The number of sulfonamides is 1. The maximum Gasteiger partial charge on any atom is 0.248 e. The largest absolute Gasteiger partial charge is 0.360 e. The first-order chi connectivity index (χ1) is 14.1. The van der Waals surface area contributed by atoms with E-state index in [1.165, 1.54) is 17.1 Å². The highest BCUT2D eigenvalue weighted by molar-refractivity contribution is 7.89. The van der Waals surface area contributed by atoms with Crippen LogP contribution in [0.15, 0.2) is 9.42 Å². The van der Waals surface area contributed by atoms with Crippen molar-refractivity contribution in [1.29, 1.82) is 0 Å². The molecule has 9 heteroatoms. The highest BCUT2D eigenvalue weighted by Gasteiger charge is 2.39.